The van der Waals surface area contributed by atoms with Crippen LogP contribution in [0.2, 0.25) is 0 Å². The average molecular weight is 416 g/mol. The van der Waals surface area contributed by atoms with Gasteiger partial charge in [-0.2, -0.15) is 5.10 Å². The number of hydrogen-bond acceptors (Lipinski definition) is 8. The topological polar surface area (TPSA) is 135 Å². The molecule has 0 aliphatic rings. The molecule has 2 aromatic rings. The van der Waals surface area contributed by atoms with Gasteiger partial charge in [-0.05, 0) is 38.5 Å². The van der Waals surface area contributed by atoms with Crippen molar-refractivity contribution in [2.45, 2.75) is 20.8 Å². The molecule has 30 heavy (non-hydrogen) atoms. The lowest BCUT2D eigenvalue weighted by Gasteiger charge is -2.16. The molecule has 0 unspecified atom stereocenters. The number of nitrogens with one attached hydrogen (secondary N) is 1. The van der Waals surface area contributed by atoms with E-state index in [2.05, 4.69) is 10.5 Å². The smallest absolute Gasteiger partial charge is 0.271 e. The first kappa shape index (κ1) is 22.5. The standard InChI is InChI=1S/C20H23N3O7/c1-4-28-17-10-13(11-18(29-5-2)19(17)30-6-3)20(25)22-21-12-14-9-15(23(26)27)7-8-16(14)24/h7-12,24H,4-6H2,1-3H3,(H,22,25)/p-1/b21-12-. The highest BCUT2D eigenvalue weighted by atomic mass is 16.6. The molecule has 10 nitrogen and oxygen atoms in total. The minimum Gasteiger partial charge on any atom is -0.872 e. The Labute approximate surface area is 173 Å². The molecular formula is C20H22N3O7-. The van der Waals surface area contributed by atoms with Crippen LogP contribution in [-0.4, -0.2) is 36.9 Å². The van der Waals surface area contributed by atoms with Crippen molar-refractivity contribution >= 4 is 17.8 Å². The third-order valence-corrected chi connectivity index (χ3v) is 3.75. The van der Waals surface area contributed by atoms with E-state index < -0.39 is 16.6 Å². The highest BCUT2D eigenvalue weighted by molar-refractivity contribution is 5.96. The summed E-state index contributed by atoms with van der Waals surface area (Å²) in [7, 11) is 0. The van der Waals surface area contributed by atoms with E-state index >= 15 is 0 Å². The lowest BCUT2D eigenvalue weighted by Crippen LogP contribution is -2.18. The van der Waals surface area contributed by atoms with Gasteiger partial charge in [-0.1, -0.05) is 11.8 Å². The van der Waals surface area contributed by atoms with Gasteiger partial charge >= 0.3 is 0 Å². The zero-order valence-corrected chi connectivity index (χ0v) is 16.8. The van der Waals surface area contributed by atoms with Crippen molar-refractivity contribution in [1.82, 2.24) is 5.43 Å². The molecule has 0 bridgehead atoms. The van der Waals surface area contributed by atoms with E-state index in [1.165, 1.54) is 12.1 Å². The molecule has 0 radical (unpaired) electrons. The molecule has 0 spiro atoms. The normalized spacial score (nSPS) is 10.6. The second kappa shape index (κ2) is 10.6. The summed E-state index contributed by atoms with van der Waals surface area (Å²) in [6.07, 6.45) is 1.05. The number of amides is 1. The van der Waals surface area contributed by atoms with Crippen molar-refractivity contribution in [3.63, 3.8) is 0 Å². The van der Waals surface area contributed by atoms with Crippen LogP contribution in [0.3, 0.4) is 0 Å². The first-order valence-corrected chi connectivity index (χ1v) is 9.26. The Morgan fingerprint density at radius 1 is 1.07 bits per heavy atom. The second-order valence-corrected chi connectivity index (χ2v) is 5.78. The fraction of sp³-hybridized carbons (Fsp3) is 0.300. The lowest BCUT2D eigenvalue weighted by molar-refractivity contribution is -0.385. The highest BCUT2D eigenvalue weighted by Gasteiger charge is 2.18. The number of hydrogen-bond donors (Lipinski definition) is 1. The molecule has 0 aliphatic carbocycles. The zero-order valence-electron chi connectivity index (χ0n) is 16.8. The third-order valence-electron chi connectivity index (χ3n) is 3.75. The fourth-order valence-corrected chi connectivity index (χ4v) is 2.50. The van der Waals surface area contributed by atoms with Gasteiger partial charge in [0.1, 0.15) is 0 Å². The summed E-state index contributed by atoms with van der Waals surface area (Å²) < 4.78 is 16.7. The van der Waals surface area contributed by atoms with Crippen LogP contribution in [0.15, 0.2) is 35.4 Å². The monoisotopic (exact) mass is 416 g/mol. The molecule has 160 valence electrons. The molecule has 0 saturated heterocycles. The van der Waals surface area contributed by atoms with Crippen LogP contribution in [0.1, 0.15) is 36.7 Å². The molecule has 0 heterocycles. The van der Waals surface area contributed by atoms with Crippen LogP contribution in [0, 0.1) is 10.1 Å². The summed E-state index contributed by atoms with van der Waals surface area (Å²) in [4.78, 5) is 22.7. The van der Waals surface area contributed by atoms with Crippen LogP contribution in [-0.2, 0) is 0 Å². The molecule has 0 aromatic heterocycles. The van der Waals surface area contributed by atoms with Crippen LogP contribution in [0.25, 0.3) is 0 Å². The first-order valence-electron chi connectivity index (χ1n) is 9.26. The summed E-state index contributed by atoms with van der Waals surface area (Å²) >= 11 is 0. The number of nitro groups is 1. The molecule has 0 atom stereocenters. The van der Waals surface area contributed by atoms with Gasteiger partial charge in [0.2, 0.25) is 5.75 Å². The van der Waals surface area contributed by atoms with Crippen LogP contribution in [0.4, 0.5) is 5.69 Å². The van der Waals surface area contributed by atoms with Gasteiger partial charge in [-0.3, -0.25) is 14.9 Å². The van der Waals surface area contributed by atoms with E-state index in [0.29, 0.717) is 37.1 Å². The van der Waals surface area contributed by atoms with Crippen molar-refractivity contribution in [2.24, 2.45) is 5.10 Å². The summed E-state index contributed by atoms with van der Waals surface area (Å²) in [5.41, 5.74) is 2.20. The van der Waals surface area contributed by atoms with E-state index in [9.17, 15) is 20.0 Å². The molecule has 10 heteroatoms. The highest BCUT2D eigenvalue weighted by Crippen LogP contribution is 2.39. The SMILES string of the molecule is CCOc1cc(C(=O)N/N=C\c2cc([N+](=O)[O-])ccc2[O-])cc(OCC)c1OCC. The number of rotatable bonds is 10. The maximum absolute atomic E-state index is 12.5. The number of nitro benzene ring substituents is 1. The number of hydrazone groups is 1. The third kappa shape index (κ3) is 5.60. The van der Waals surface area contributed by atoms with Gasteiger partial charge in [0, 0.05) is 17.7 Å². The number of nitrogens with zero attached hydrogens (tertiary/aromatic N) is 2. The Morgan fingerprint density at radius 2 is 1.67 bits per heavy atom. The number of ether oxygens (including phenoxy) is 3. The van der Waals surface area contributed by atoms with Gasteiger partial charge < -0.3 is 19.3 Å². The predicted molar refractivity (Wildman–Crippen MR) is 108 cm³/mol. The summed E-state index contributed by atoms with van der Waals surface area (Å²) in [6.45, 7) is 6.51. The molecule has 1 N–H and O–H groups in total. The van der Waals surface area contributed by atoms with E-state index in [1.807, 2.05) is 6.92 Å². The summed E-state index contributed by atoms with van der Waals surface area (Å²) in [5, 5.41) is 26.4. The molecule has 0 aliphatic heterocycles. The average Bonchev–Trinajstić information content (AvgIpc) is 2.71. The van der Waals surface area contributed by atoms with Gasteiger partial charge in [0.25, 0.3) is 11.6 Å². The molecule has 2 rings (SSSR count). The Kier molecular flexibility index (Phi) is 7.98. The molecular weight excluding hydrogens is 394 g/mol. The number of benzene rings is 2. The number of carbonyl (C=O) groups is 1. The minimum absolute atomic E-state index is 0.0267. The molecule has 1 amide bonds. The van der Waals surface area contributed by atoms with Crippen molar-refractivity contribution in [3.8, 4) is 23.0 Å². The maximum atomic E-state index is 12.5. The summed E-state index contributed by atoms with van der Waals surface area (Å²) in [6, 6.07) is 6.23. The van der Waals surface area contributed by atoms with Crippen LogP contribution < -0.4 is 24.7 Å². The van der Waals surface area contributed by atoms with Crippen molar-refractivity contribution in [3.05, 3.63) is 51.6 Å². The van der Waals surface area contributed by atoms with Crippen molar-refractivity contribution in [2.75, 3.05) is 19.8 Å². The zero-order chi connectivity index (χ0) is 22.1. The van der Waals surface area contributed by atoms with E-state index in [0.717, 1.165) is 24.4 Å². The first-order chi connectivity index (χ1) is 14.4. The minimum atomic E-state index is -0.625. The Balaban J connectivity index is 2.27. The predicted octanol–water partition coefficient (Wildman–Crippen LogP) is 2.63. The number of non-ortho nitro benzene ring substituents is 1. The Hall–Kier alpha value is -3.82. The van der Waals surface area contributed by atoms with Gasteiger partial charge in [-0.25, -0.2) is 5.43 Å². The summed E-state index contributed by atoms with van der Waals surface area (Å²) in [5.74, 6) is 0.0415. The lowest BCUT2D eigenvalue weighted by atomic mass is 10.1. The van der Waals surface area contributed by atoms with Crippen molar-refractivity contribution < 1.29 is 29.0 Å². The van der Waals surface area contributed by atoms with Gasteiger partial charge in [0.05, 0.1) is 31.0 Å². The Bertz CT molecular complexity index is 917. The fourth-order valence-electron chi connectivity index (χ4n) is 2.50. The van der Waals surface area contributed by atoms with Crippen molar-refractivity contribution in [1.29, 1.82) is 0 Å². The van der Waals surface area contributed by atoms with Crippen LogP contribution >= 0.6 is 0 Å². The van der Waals surface area contributed by atoms with E-state index in [-0.39, 0.29) is 16.8 Å². The van der Waals surface area contributed by atoms with Crippen LogP contribution in [0.5, 0.6) is 23.0 Å². The quantitative estimate of drug-likeness (QED) is 0.357. The largest absolute Gasteiger partial charge is 0.872 e. The van der Waals surface area contributed by atoms with E-state index in [1.54, 1.807) is 13.8 Å². The molecule has 2 aromatic carbocycles. The van der Waals surface area contributed by atoms with E-state index in [4.69, 9.17) is 14.2 Å². The van der Waals surface area contributed by atoms with Gasteiger partial charge in [0.15, 0.2) is 11.5 Å². The Morgan fingerprint density at radius 3 is 2.20 bits per heavy atom. The van der Waals surface area contributed by atoms with Gasteiger partial charge in [-0.15, -0.1) is 0 Å². The number of carbonyl (C=O) groups excluding carboxylic acids is 1. The maximum Gasteiger partial charge on any atom is 0.271 e. The molecule has 0 fully saturated rings. The second-order valence-electron chi connectivity index (χ2n) is 5.78. The molecule has 0 saturated carbocycles.